The van der Waals surface area contributed by atoms with E-state index in [2.05, 4.69) is 45.4 Å². The van der Waals surface area contributed by atoms with Crippen LogP contribution in [0.5, 0.6) is 0 Å². The van der Waals surface area contributed by atoms with Crippen LogP contribution >= 0.6 is 27.3 Å². The Hall–Kier alpha value is -0.650. The number of nitrogens with one attached hydrogen (secondary N) is 1. The predicted octanol–water partition coefficient (Wildman–Crippen LogP) is 3.06. The molecular weight excluding hydrogens is 286 g/mol. The van der Waals surface area contributed by atoms with Crippen molar-refractivity contribution in [3.63, 3.8) is 0 Å². The fourth-order valence-corrected chi connectivity index (χ4v) is 2.94. The minimum absolute atomic E-state index is 0.395. The number of aromatic nitrogens is 2. The zero-order chi connectivity index (χ0) is 11.4. The molecule has 5 heteroatoms. The van der Waals surface area contributed by atoms with Gasteiger partial charge in [-0.15, -0.1) is 11.3 Å². The van der Waals surface area contributed by atoms with E-state index >= 15 is 0 Å². The lowest BCUT2D eigenvalue weighted by Gasteiger charge is -2.11. The first kappa shape index (κ1) is 11.8. The van der Waals surface area contributed by atoms with E-state index in [1.807, 2.05) is 16.9 Å². The van der Waals surface area contributed by atoms with Gasteiger partial charge < -0.3 is 5.32 Å². The van der Waals surface area contributed by atoms with Gasteiger partial charge in [-0.3, -0.25) is 4.68 Å². The molecular formula is C11H14BrN3S. The third kappa shape index (κ3) is 3.17. The number of hydrogen-bond acceptors (Lipinski definition) is 3. The Labute approximate surface area is 108 Å². The summed E-state index contributed by atoms with van der Waals surface area (Å²) in [5.41, 5.74) is 0. The van der Waals surface area contributed by atoms with Crippen molar-refractivity contribution in [2.24, 2.45) is 0 Å². The summed E-state index contributed by atoms with van der Waals surface area (Å²) < 4.78 is 3.12. The van der Waals surface area contributed by atoms with Gasteiger partial charge in [-0.2, -0.15) is 5.10 Å². The van der Waals surface area contributed by atoms with Gasteiger partial charge >= 0.3 is 0 Å². The number of rotatable bonds is 5. The highest BCUT2D eigenvalue weighted by molar-refractivity contribution is 9.11. The number of nitrogens with zero attached hydrogens (tertiary/aromatic N) is 2. The molecule has 0 aliphatic rings. The van der Waals surface area contributed by atoms with E-state index in [4.69, 9.17) is 0 Å². The fraction of sp³-hybridized carbons (Fsp3) is 0.364. The van der Waals surface area contributed by atoms with E-state index in [1.165, 1.54) is 8.66 Å². The van der Waals surface area contributed by atoms with Crippen molar-refractivity contribution in [3.05, 3.63) is 39.3 Å². The Kier molecular flexibility index (Phi) is 4.15. The van der Waals surface area contributed by atoms with E-state index in [-0.39, 0.29) is 0 Å². The Morgan fingerprint density at radius 2 is 2.44 bits per heavy atom. The summed E-state index contributed by atoms with van der Waals surface area (Å²) in [6.07, 6.45) is 3.79. The maximum atomic E-state index is 4.16. The highest BCUT2D eigenvalue weighted by Crippen LogP contribution is 2.26. The van der Waals surface area contributed by atoms with Gasteiger partial charge in [0.15, 0.2) is 0 Å². The molecule has 1 N–H and O–H groups in total. The molecule has 86 valence electrons. The zero-order valence-corrected chi connectivity index (χ0v) is 11.5. The van der Waals surface area contributed by atoms with Crippen molar-refractivity contribution in [1.82, 2.24) is 15.1 Å². The standard InChI is InChI=1S/C11H14BrN3S/c1-9(10-3-4-11(12)16-10)13-6-8-15-7-2-5-14-15/h2-5,7,9,13H,6,8H2,1H3. The molecule has 0 saturated carbocycles. The second-order valence-electron chi connectivity index (χ2n) is 3.59. The molecule has 0 saturated heterocycles. The normalized spacial score (nSPS) is 12.9. The van der Waals surface area contributed by atoms with Crippen molar-refractivity contribution in [3.8, 4) is 0 Å². The molecule has 0 aromatic carbocycles. The summed E-state index contributed by atoms with van der Waals surface area (Å²) in [7, 11) is 0. The molecule has 16 heavy (non-hydrogen) atoms. The average Bonchev–Trinajstić information content (AvgIpc) is 2.89. The average molecular weight is 300 g/mol. The van der Waals surface area contributed by atoms with Crippen molar-refractivity contribution in [2.45, 2.75) is 19.5 Å². The fourth-order valence-electron chi connectivity index (χ4n) is 1.49. The highest BCUT2D eigenvalue weighted by atomic mass is 79.9. The molecule has 0 aliphatic heterocycles. The zero-order valence-electron chi connectivity index (χ0n) is 9.06. The summed E-state index contributed by atoms with van der Waals surface area (Å²) in [6.45, 7) is 4.02. The van der Waals surface area contributed by atoms with Gasteiger partial charge in [-0.05, 0) is 41.1 Å². The minimum atomic E-state index is 0.395. The molecule has 2 aromatic rings. The maximum absolute atomic E-state index is 4.16. The minimum Gasteiger partial charge on any atom is -0.308 e. The molecule has 2 aromatic heterocycles. The lowest BCUT2D eigenvalue weighted by atomic mass is 10.3. The van der Waals surface area contributed by atoms with Crippen LogP contribution in [0.2, 0.25) is 0 Å². The molecule has 0 radical (unpaired) electrons. The molecule has 0 fully saturated rings. The van der Waals surface area contributed by atoms with Crippen LogP contribution in [0.15, 0.2) is 34.4 Å². The van der Waals surface area contributed by atoms with Gasteiger partial charge in [0.1, 0.15) is 0 Å². The Morgan fingerprint density at radius 1 is 1.56 bits per heavy atom. The van der Waals surface area contributed by atoms with E-state index in [9.17, 15) is 0 Å². The largest absolute Gasteiger partial charge is 0.308 e. The van der Waals surface area contributed by atoms with Crippen LogP contribution in [0.4, 0.5) is 0 Å². The van der Waals surface area contributed by atoms with Crippen LogP contribution in [0.25, 0.3) is 0 Å². The summed E-state index contributed by atoms with van der Waals surface area (Å²) in [5, 5.41) is 7.64. The SMILES string of the molecule is CC(NCCn1cccn1)c1ccc(Br)s1. The van der Waals surface area contributed by atoms with Crippen molar-refractivity contribution < 1.29 is 0 Å². The third-order valence-electron chi connectivity index (χ3n) is 2.37. The van der Waals surface area contributed by atoms with Gasteiger partial charge in [0.2, 0.25) is 0 Å². The quantitative estimate of drug-likeness (QED) is 0.919. The topological polar surface area (TPSA) is 29.9 Å². The molecule has 2 heterocycles. The Morgan fingerprint density at radius 3 is 3.06 bits per heavy atom. The molecule has 1 atom stereocenters. The van der Waals surface area contributed by atoms with E-state index in [1.54, 1.807) is 17.5 Å². The second-order valence-corrected chi connectivity index (χ2v) is 6.08. The lowest BCUT2D eigenvalue weighted by Crippen LogP contribution is -2.22. The predicted molar refractivity (Wildman–Crippen MR) is 70.7 cm³/mol. The third-order valence-corrected chi connectivity index (χ3v) is 4.18. The first-order valence-electron chi connectivity index (χ1n) is 5.22. The second kappa shape index (κ2) is 5.61. The van der Waals surface area contributed by atoms with E-state index in [0.29, 0.717) is 6.04 Å². The lowest BCUT2D eigenvalue weighted by molar-refractivity contribution is 0.511. The van der Waals surface area contributed by atoms with Crippen LogP contribution in [-0.2, 0) is 6.54 Å². The highest BCUT2D eigenvalue weighted by Gasteiger charge is 2.06. The Bertz CT molecular complexity index is 424. The summed E-state index contributed by atoms with van der Waals surface area (Å²) >= 11 is 5.25. The van der Waals surface area contributed by atoms with Crippen molar-refractivity contribution in [1.29, 1.82) is 0 Å². The van der Waals surface area contributed by atoms with Crippen LogP contribution in [-0.4, -0.2) is 16.3 Å². The summed E-state index contributed by atoms with van der Waals surface area (Å²) in [4.78, 5) is 1.35. The van der Waals surface area contributed by atoms with Crippen LogP contribution in [0, 0.1) is 0 Å². The van der Waals surface area contributed by atoms with E-state index in [0.717, 1.165) is 13.1 Å². The summed E-state index contributed by atoms with van der Waals surface area (Å²) in [6, 6.07) is 6.58. The molecule has 0 amide bonds. The molecule has 0 spiro atoms. The van der Waals surface area contributed by atoms with Crippen LogP contribution < -0.4 is 5.32 Å². The molecule has 1 unspecified atom stereocenters. The molecule has 2 rings (SSSR count). The van der Waals surface area contributed by atoms with Gasteiger partial charge in [0.25, 0.3) is 0 Å². The first-order valence-corrected chi connectivity index (χ1v) is 6.82. The number of hydrogen-bond donors (Lipinski definition) is 1. The molecule has 0 aliphatic carbocycles. The Balaban J connectivity index is 1.78. The van der Waals surface area contributed by atoms with Gasteiger partial charge in [-0.25, -0.2) is 0 Å². The van der Waals surface area contributed by atoms with Gasteiger partial charge in [0, 0.05) is 29.9 Å². The number of thiophene rings is 1. The first-order chi connectivity index (χ1) is 7.75. The van der Waals surface area contributed by atoms with Crippen LogP contribution in [0.1, 0.15) is 17.8 Å². The maximum Gasteiger partial charge on any atom is 0.0701 e. The molecule has 0 bridgehead atoms. The smallest absolute Gasteiger partial charge is 0.0701 e. The molecule has 3 nitrogen and oxygen atoms in total. The van der Waals surface area contributed by atoms with Gasteiger partial charge in [-0.1, -0.05) is 0 Å². The van der Waals surface area contributed by atoms with Crippen molar-refractivity contribution in [2.75, 3.05) is 6.54 Å². The van der Waals surface area contributed by atoms with Crippen molar-refractivity contribution >= 4 is 27.3 Å². The summed E-state index contributed by atoms with van der Waals surface area (Å²) in [5.74, 6) is 0. The number of halogens is 1. The van der Waals surface area contributed by atoms with E-state index < -0.39 is 0 Å². The van der Waals surface area contributed by atoms with Crippen LogP contribution in [0.3, 0.4) is 0 Å². The van der Waals surface area contributed by atoms with Gasteiger partial charge in [0.05, 0.1) is 10.3 Å². The monoisotopic (exact) mass is 299 g/mol.